The van der Waals surface area contributed by atoms with E-state index in [0.717, 1.165) is 22.8 Å². The predicted molar refractivity (Wildman–Crippen MR) is 79.9 cm³/mol. The molecule has 1 rings (SSSR count). The highest BCUT2D eigenvalue weighted by Gasteiger charge is 2.06. The van der Waals surface area contributed by atoms with Crippen molar-refractivity contribution >= 4 is 33.5 Å². The zero-order valence-corrected chi connectivity index (χ0v) is 13.1. The summed E-state index contributed by atoms with van der Waals surface area (Å²) in [5.74, 6) is 3.38. The number of rotatable bonds is 7. The van der Waals surface area contributed by atoms with E-state index in [1.807, 2.05) is 17.8 Å². The summed E-state index contributed by atoms with van der Waals surface area (Å²) >= 11 is 5.32. The lowest BCUT2D eigenvalue weighted by molar-refractivity contribution is 0.766. The van der Waals surface area contributed by atoms with Gasteiger partial charge >= 0.3 is 0 Å². The van der Waals surface area contributed by atoms with Crippen molar-refractivity contribution < 1.29 is 0 Å². The topological polar surface area (TPSA) is 37.8 Å². The Morgan fingerprint density at radius 2 is 2.12 bits per heavy atom. The monoisotopic (exact) mass is 317 g/mol. The number of anilines is 1. The molecular formula is C12H20BrN3S. The number of unbranched alkanes of at least 4 members (excludes halogenated alkanes) is 1. The van der Waals surface area contributed by atoms with Crippen LogP contribution in [0.5, 0.6) is 0 Å². The van der Waals surface area contributed by atoms with Gasteiger partial charge in [0.15, 0.2) is 0 Å². The number of thioether (sulfide) groups is 1. The average molecular weight is 318 g/mol. The van der Waals surface area contributed by atoms with Crippen molar-refractivity contribution in [1.82, 2.24) is 9.97 Å². The van der Waals surface area contributed by atoms with Crippen LogP contribution in [0.15, 0.2) is 10.7 Å². The van der Waals surface area contributed by atoms with Crippen molar-refractivity contribution in [1.29, 1.82) is 0 Å². The lowest BCUT2D eigenvalue weighted by Crippen LogP contribution is -2.07. The summed E-state index contributed by atoms with van der Waals surface area (Å²) in [6.45, 7) is 5.18. The molecule has 0 radical (unpaired) electrons. The second kappa shape index (κ2) is 7.93. The highest BCUT2D eigenvalue weighted by Crippen LogP contribution is 2.17. The van der Waals surface area contributed by atoms with Crippen LogP contribution in [0.2, 0.25) is 0 Å². The third-order valence-corrected chi connectivity index (χ3v) is 3.41. The molecule has 0 spiro atoms. The maximum atomic E-state index is 4.49. The smallest absolute Gasteiger partial charge is 0.134 e. The molecule has 0 aliphatic rings. The van der Waals surface area contributed by atoms with Crippen LogP contribution in [0.3, 0.4) is 0 Å². The number of halogens is 1. The van der Waals surface area contributed by atoms with Crippen molar-refractivity contribution in [2.45, 2.75) is 32.6 Å². The van der Waals surface area contributed by atoms with Gasteiger partial charge in [-0.2, -0.15) is 11.8 Å². The van der Waals surface area contributed by atoms with E-state index in [2.05, 4.69) is 51.3 Å². The summed E-state index contributed by atoms with van der Waals surface area (Å²) in [4.78, 5) is 8.85. The Morgan fingerprint density at radius 3 is 2.76 bits per heavy atom. The first-order chi connectivity index (χ1) is 8.13. The highest BCUT2D eigenvalue weighted by atomic mass is 79.9. The van der Waals surface area contributed by atoms with Gasteiger partial charge in [0.05, 0.1) is 0 Å². The maximum absolute atomic E-state index is 4.49. The lowest BCUT2D eigenvalue weighted by atomic mass is 10.2. The SMILES string of the molecule is CSCCCCNc1cc(Br)nc(C(C)C)n1. The minimum Gasteiger partial charge on any atom is -0.370 e. The molecule has 0 aromatic carbocycles. The maximum Gasteiger partial charge on any atom is 0.134 e. The predicted octanol–water partition coefficient (Wildman–Crippen LogP) is 3.92. The molecule has 0 saturated heterocycles. The van der Waals surface area contributed by atoms with Crippen molar-refractivity contribution in [2.75, 3.05) is 23.9 Å². The molecule has 0 aliphatic heterocycles. The second-order valence-corrected chi connectivity index (χ2v) is 6.01. The minimum atomic E-state index is 0.351. The molecule has 5 heteroatoms. The van der Waals surface area contributed by atoms with E-state index in [0.29, 0.717) is 5.92 Å². The van der Waals surface area contributed by atoms with Gasteiger partial charge in [-0.3, -0.25) is 0 Å². The minimum absolute atomic E-state index is 0.351. The van der Waals surface area contributed by atoms with Crippen LogP contribution in [-0.4, -0.2) is 28.5 Å². The van der Waals surface area contributed by atoms with E-state index in [1.165, 1.54) is 18.6 Å². The third kappa shape index (κ3) is 5.73. The zero-order chi connectivity index (χ0) is 12.7. The molecule has 3 nitrogen and oxygen atoms in total. The Bertz CT molecular complexity index is 345. The first-order valence-electron chi connectivity index (χ1n) is 5.90. The van der Waals surface area contributed by atoms with Gasteiger partial charge in [-0.25, -0.2) is 9.97 Å². The van der Waals surface area contributed by atoms with Gasteiger partial charge < -0.3 is 5.32 Å². The molecule has 0 saturated carbocycles. The van der Waals surface area contributed by atoms with Crippen LogP contribution in [0.1, 0.15) is 38.4 Å². The first kappa shape index (κ1) is 14.8. The fourth-order valence-corrected chi connectivity index (χ4v) is 2.26. The van der Waals surface area contributed by atoms with Crippen LogP contribution in [0.25, 0.3) is 0 Å². The van der Waals surface area contributed by atoms with E-state index in [1.54, 1.807) is 0 Å². The molecule has 1 aromatic heterocycles. The normalized spacial score (nSPS) is 10.9. The molecule has 0 aliphatic carbocycles. The number of hydrogen-bond donors (Lipinski definition) is 1. The molecule has 0 fully saturated rings. The van der Waals surface area contributed by atoms with Crippen LogP contribution in [0, 0.1) is 0 Å². The fourth-order valence-electron chi connectivity index (χ4n) is 1.37. The van der Waals surface area contributed by atoms with E-state index in [-0.39, 0.29) is 0 Å². The molecule has 0 atom stereocenters. The molecule has 1 heterocycles. The summed E-state index contributed by atoms with van der Waals surface area (Å²) < 4.78 is 0.850. The van der Waals surface area contributed by atoms with Crippen LogP contribution in [-0.2, 0) is 0 Å². The summed E-state index contributed by atoms with van der Waals surface area (Å²) in [6.07, 6.45) is 4.57. The highest BCUT2D eigenvalue weighted by molar-refractivity contribution is 9.10. The zero-order valence-electron chi connectivity index (χ0n) is 10.7. The van der Waals surface area contributed by atoms with E-state index < -0.39 is 0 Å². The largest absolute Gasteiger partial charge is 0.370 e. The average Bonchev–Trinajstić information content (AvgIpc) is 2.28. The van der Waals surface area contributed by atoms with E-state index >= 15 is 0 Å². The Balaban J connectivity index is 2.47. The summed E-state index contributed by atoms with van der Waals surface area (Å²) in [5, 5.41) is 3.35. The van der Waals surface area contributed by atoms with E-state index in [9.17, 15) is 0 Å². The number of hydrogen-bond acceptors (Lipinski definition) is 4. The Hall–Kier alpha value is -0.290. The molecule has 1 aromatic rings. The molecular weight excluding hydrogens is 298 g/mol. The van der Waals surface area contributed by atoms with E-state index in [4.69, 9.17) is 0 Å². The number of nitrogens with zero attached hydrogens (tertiary/aromatic N) is 2. The third-order valence-electron chi connectivity index (χ3n) is 2.31. The van der Waals surface area contributed by atoms with Crippen LogP contribution >= 0.6 is 27.7 Å². The lowest BCUT2D eigenvalue weighted by Gasteiger charge is -2.09. The van der Waals surface area contributed by atoms with Crippen molar-refractivity contribution in [3.8, 4) is 0 Å². The summed E-state index contributed by atoms with van der Waals surface area (Å²) in [5.41, 5.74) is 0. The number of nitrogens with one attached hydrogen (secondary N) is 1. The van der Waals surface area contributed by atoms with Gasteiger partial charge in [0, 0.05) is 18.5 Å². The molecule has 0 bridgehead atoms. The second-order valence-electron chi connectivity index (χ2n) is 4.22. The molecule has 1 N–H and O–H groups in total. The van der Waals surface area contributed by atoms with Crippen LogP contribution in [0.4, 0.5) is 5.82 Å². The Morgan fingerprint density at radius 1 is 1.35 bits per heavy atom. The van der Waals surface area contributed by atoms with Crippen molar-refractivity contribution in [2.24, 2.45) is 0 Å². The summed E-state index contributed by atoms with van der Waals surface area (Å²) in [7, 11) is 0. The molecule has 96 valence electrons. The molecule has 0 unspecified atom stereocenters. The molecule has 0 amide bonds. The number of aromatic nitrogens is 2. The van der Waals surface area contributed by atoms with Gasteiger partial charge in [0.1, 0.15) is 16.2 Å². The Kier molecular flexibility index (Phi) is 6.89. The van der Waals surface area contributed by atoms with Gasteiger partial charge in [-0.15, -0.1) is 0 Å². The van der Waals surface area contributed by atoms with Gasteiger partial charge in [-0.05, 0) is 40.8 Å². The standard InChI is InChI=1S/C12H20BrN3S/c1-9(2)12-15-10(13)8-11(16-12)14-6-4-5-7-17-3/h8-9H,4-7H2,1-3H3,(H,14,15,16). The van der Waals surface area contributed by atoms with Gasteiger partial charge in [0.2, 0.25) is 0 Å². The fraction of sp³-hybridized carbons (Fsp3) is 0.667. The summed E-state index contributed by atoms with van der Waals surface area (Å²) in [6, 6.07) is 1.93. The quantitative estimate of drug-likeness (QED) is 0.611. The molecule has 17 heavy (non-hydrogen) atoms. The first-order valence-corrected chi connectivity index (χ1v) is 8.09. The van der Waals surface area contributed by atoms with Gasteiger partial charge in [0.25, 0.3) is 0 Å². The van der Waals surface area contributed by atoms with Crippen LogP contribution < -0.4 is 5.32 Å². The van der Waals surface area contributed by atoms with Crippen molar-refractivity contribution in [3.05, 3.63) is 16.5 Å². The van der Waals surface area contributed by atoms with Crippen molar-refractivity contribution in [3.63, 3.8) is 0 Å². The Labute approximate surface area is 116 Å². The van der Waals surface area contributed by atoms with Gasteiger partial charge in [-0.1, -0.05) is 13.8 Å².